The Morgan fingerprint density at radius 1 is 0.971 bits per heavy atom. The number of primary amides is 1. The number of urea groups is 1. The van der Waals surface area contributed by atoms with Crippen LogP contribution in [0, 0.1) is 0 Å². The molecule has 0 saturated carbocycles. The first-order valence-electron chi connectivity index (χ1n) is 9.68. The van der Waals surface area contributed by atoms with Crippen molar-refractivity contribution in [1.29, 1.82) is 0 Å². The Hall–Kier alpha value is -3.81. The Kier molecular flexibility index (Phi) is 6.32. The number of aromatic amines is 1. The van der Waals surface area contributed by atoms with Gasteiger partial charge in [0.15, 0.2) is 5.65 Å². The number of carbonyl (C=O) groups excluding carboxylic acids is 1. The lowest BCUT2D eigenvalue weighted by Gasteiger charge is -2.24. The van der Waals surface area contributed by atoms with E-state index in [1.54, 1.807) is 12.3 Å². The van der Waals surface area contributed by atoms with E-state index in [9.17, 15) is 31.1 Å². The molecule has 0 saturated heterocycles. The van der Waals surface area contributed by atoms with Gasteiger partial charge in [0.05, 0.1) is 34.1 Å². The third-order valence-corrected chi connectivity index (χ3v) is 5.88. The summed E-state index contributed by atoms with van der Waals surface area (Å²) in [6, 6.07) is 5.59. The standard InChI is InChI=1S/C21H14F6N6OS/c22-20(23,24)12-5-13(21(25,26)27)7-15(6-12)33(19(28)34)14-3-1-2-11(4-14)9-35-18-16-8-31-32-17(16)29-10-30-18/h1-8,10H,9H2,(H2,28,34)(H,29,30,31,32). The summed E-state index contributed by atoms with van der Waals surface area (Å²) in [7, 11) is 0. The van der Waals surface area contributed by atoms with E-state index in [0.717, 1.165) is 0 Å². The molecule has 4 aromatic rings. The van der Waals surface area contributed by atoms with Gasteiger partial charge >= 0.3 is 18.4 Å². The molecule has 0 aliphatic rings. The summed E-state index contributed by atoms with van der Waals surface area (Å²) in [5.41, 5.74) is 2.72. The lowest BCUT2D eigenvalue weighted by molar-refractivity contribution is -0.143. The number of amides is 2. The highest BCUT2D eigenvalue weighted by Crippen LogP contribution is 2.40. The van der Waals surface area contributed by atoms with Crippen LogP contribution in [0.3, 0.4) is 0 Å². The third kappa shape index (κ3) is 5.31. The zero-order chi connectivity index (χ0) is 25.4. The maximum atomic E-state index is 13.3. The van der Waals surface area contributed by atoms with Crippen LogP contribution in [0.15, 0.2) is 60.0 Å². The number of nitrogens with two attached hydrogens (primary N) is 1. The molecule has 182 valence electrons. The van der Waals surface area contributed by atoms with Gasteiger partial charge in [-0.05, 0) is 35.9 Å². The maximum absolute atomic E-state index is 13.3. The SMILES string of the molecule is NC(=O)N(c1cccc(CSc2ncnc3[nH]ncc23)c1)c1cc(C(F)(F)F)cc(C(F)(F)F)c1. The minimum Gasteiger partial charge on any atom is -0.351 e. The minimum atomic E-state index is -5.08. The molecular weight excluding hydrogens is 498 g/mol. The molecule has 35 heavy (non-hydrogen) atoms. The number of H-pyrrole nitrogens is 1. The van der Waals surface area contributed by atoms with Gasteiger partial charge in [0.25, 0.3) is 0 Å². The van der Waals surface area contributed by atoms with Gasteiger partial charge in [0, 0.05) is 5.75 Å². The third-order valence-electron chi connectivity index (χ3n) is 4.81. The van der Waals surface area contributed by atoms with E-state index < -0.39 is 35.2 Å². The van der Waals surface area contributed by atoms with E-state index in [1.807, 2.05) is 0 Å². The van der Waals surface area contributed by atoms with Crippen molar-refractivity contribution in [3.63, 3.8) is 0 Å². The number of nitrogens with one attached hydrogen (secondary N) is 1. The summed E-state index contributed by atoms with van der Waals surface area (Å²) in [6.45, 7) is 0. The first-order valence-corrected chi connectivity index (χ1v) is 10.7. The second-order valence-electron chi connectivity index (χ2n) is 7.21. The first kappa shape index (κ1) is 24.3. The van der Waals surface area contributed by atoms with Gasteiger partial charge in [-0.25, -0.2) is 14.8 Å². The van der Waals surface area contributed by atoms with Crippen molar-refractivity contribution in [2.45, 2.75) is 23.1 Å². The molecule has 0 unspecified atom stereocenters. The molecular formula is C21H14F6N6OS. The highest BCUT2D eigenvalue weighted by Gasteiger charge is 2.38. The van der Waals surface area contributed by atoms with Crippen molar-refractivity contribution < 1.29 is 31.1 Å². The predicted molar refractivity (Wildman–Crippen MR) is 116 cm³/mol. The Bertz CT molecular complexity index is 1350. The second kappa shape index (κ2) is 9.09. The fraction of sp³-hybridized carbons (Fsp3) is 0.143. The van der Waals surface area contributed by atoms with Crippen LogP contribution in [0.2, 0.25) is 0 Å². The van der Waals surface area contributed by atoms with E-state index in [-0.39, 0.29) is 11.8 Å². The highest BCUT2D eigenvalue weighted by atomic mass is 32.2. The molecule has 3 N–H and O–H groups in total. The fourth-order valence-electron chi connectivity index (χ4n) is 3.27. The van der Waals surface area contributed by atoms with E-state index >= 15 is 0 Å². The Morgan fingerprint density at radius 2 is 1.66 bits per heavy atom. The Balaban J connectivity index is 1.69. The smallest absolute Gasteiger partial charge is 0.351 e. The summed E-state index contributed by atoms with van der Waals surface area (Å²) >= 11 is 1.30. The van der Waals surface area contributed by atoms with Crippen molar-refractivity contribution >= 4 is 40.2 Å². The number of nitrogens with zero attached hydrogens (tertiary/aromatic N) is 4. The largest absolute Gasteiger partial charge is 0.416 e. The van der Waals surface area contributed by atoms with Gasteiger partial charge in [0.2, 0.25) is 0 Å². The summed E-state index contributed by atoms with van der Waals surface area (Å²) in [6.07, 6.45) is -7.25. The van der Waals surface area contributed by atoms with Crippen LogP contribution < -0.4 is 10.6 Å². The maximum Gasteiger partial charge on any atom is 0.416 e. The number of benzene rings is 2. The van der Waals surface area contributed by atoms with Gasteiger partial charge in [-0.15, -0.1) is 11.8 Å². The molecule has 0 bridgehead atoms. The highest BCUT2D eigenvalue weighted by molar-refractivity contribution is 7.98. The summed E-state index contributed by atoms with van der Waals surface area (Å²) < 4.78 is 79.8. The van der Waals surface area contributed by atoms with E-state index in [1.165, 1.54) is 36.3 Å². The summed E-state index contributed by atoms with van der Waals surface area (Å²) in [5, 5.41) is 7.89. The molecule has 4 rings (SSSR count). The summed E-state index contributed by atoms with van der Waals surface area (Å²) in [5.74, 6) is 0.314. The molecule has 0 radical (unpaired) electrons. The topological polar surface area (TPSA) is 101 Å². The van der Waals surface area contributed by atoms with Crippen molar-refractivity contribution in [3.05, 3.63) is 71.7 Å². The fourth-order valence-corrected chi connectivity index (χ4v) is 4.18. The van der Waals surface area contributed by atoms with Crippen LogP contribution >= 0.6 is 11.8 Å². The van der Waals surface area contributed by atoms with Gasteiger partial charge < -0.3 is 5.73 Å². The number of halogens is 6. The Labute approximate surface area is 197 Å². The number of fused-ring (bicyclic) bond motifs is 1. The van der Waals surface area contributed by atoms with Crippen molar-refractivity contribution in [1.82, 2.24) is 20.2 Å². The number of rotatable bonds is 5. The molecule has 14 heteroatoms. The van der Waals surface area contributed by atoms with Crippen molar-refractivity contribution in [2.75, 3.05) is 4.90 Å². The van der Waals surface area contributed by atoms with Gasteiger partial charge in [-0.1, -0.05) is 12.1 Å². The minimum absolute atomic E-state index is 0.000746. The molecule has 2 heterocycles. The molecule has 0 aliphatic heterocycles. The molecule has 0 atom stereocenters. The molecule has 0 aliphatic carbocycles. The lowest BCUT2D eigenvalue weighted by atomic mass is 10.1. The van der Waals surface area contributed by atoms with Gasteiger partial charge in [-0.2, -0.15) is 31.4 Å². The number of hydrogen-bond donors (Lipinski definition) is 2. The van der Waals surface area contributed by atoms with Gasteiger partial charge in [-0.3, -0.25) is 10.00 Å². The number of aromatic nitrogens is 4. The quantitative estimate of drug-likeness (QED) is 0.197. The van der Waals surface area contributed by atoms with Crippen LogP contribution in [0.5, 0.6) is 0 Å². The van der Waals surface area contributed by atoms with Crippen LogP contribution in [0.4, 0.5) is 42.5 Å². The lowest BCUT2D eigenvalue weighted by Crippen LogP contribution is -2.32. The molecule has 2 amide bonds. The van der Waals surface area contributed by atoms with Crippen LogP contribution in [0.1, 0.15) is 16.7 Å². The van der Waals surface area contributed by atoms with Crippen LogP contribution in [0.25, 0.3) is 11.0 Å². The monoisotopic (exact) mass is 512 g/mol. The summed E-state index contributed by atoms with van der Waals surface area (Å²) in [4.78, 5) is 21.0. The van der Waals surface area contributed by atoms with Crippen LogP contribution in [-0.4, -0.2) is 26.2 Å². The molecule has 2 aromatic carbocycles. The Morgan fingerprint density at radius 3 is 2.29 bits per heavy atom. The van der Waals surface area contributed by atoms with Crippen LogP contribution in [-0.2, 0) is 18.1 Å². The number of anilines is 2. The van der Waals surface area contributed by atoms with Crippen molar-refractivity contribution in [2.24, 2.45) is 5.73 Å². The molecule has 0 spiro atoms. The zero-order valence-corrected chi connectivity index (χ0v) is 18.2. The normalized spacial score (nSPS) is 12.2. The molecule has 7 nitrogen and oxygen atoms in total. The van der Waals surface area contributed by atoms with Crippen molar-refractivity contribution in [3.8, 4) is 0 Å². The molecule has 0 fully saturated rings. The zero-order valence-electron chi connectivity index (χ0n) is 17.4. The number of alkyl halides is 6. The number of hydrogen-bond acceptors (Lipinski definition) is 5. The van der Waals surface area contributed by atoms with E-state index in [4.69, 9.17) is 5.73 Å². The number of carbonyl (C=O) groups is 1. The molecule has 2 aromatic heterocycles. The predicted octanol–water partition coefficient (Wildman–Crippen LogP) is 5.90. The average molecular weight is 512 g/mol. The van der Waals surface area contributed by atoms with E-state index in [0.29, 0.717) is 44.4 Å². The van der Waals surface area contributed by atoms with Gasteiger partial charge in [0.1, 0.15) is 11.4 Å². The second-order valence-corrected chi connectivity index (χ2v) is 8.17. The first-order chi connectivity index (χ1) is 16.4. The number of thioether (sulfide) groups is 1. The van der Waals surface area contributed by atoms with E-state index in [2.05, 4.69) is 20.2 Å². The average Bonchev–Trinajstić information content (AvgIpc) is 3.26.